The summed E-state index contributed by atoms with van der Waals surface area (Å²) >= 11 is 0. The summed E-state index contributed by atoms with van der Waals surface area (Å²) in [5.41, 5.74) is 2.26. The second-order valence-corrected chi connectivity index (χ2v) is 7.27. The molecular formula is C23H19FN4O2. The summed E-state index contributed by atoms with van der Waals surface area (Å²) in [6.07, 6.45) is 5.19. The first-order chi connectivity index (χ1) is 14.7. The highest BCUT2D eigenvalue weighted by Crippen LogP contribution is 2.40. The summed E-state index contributed by atoms with van der Waals surface area (Å²) in [5, 5.41) is 8.79. The van der Waals surface area contributed by atoms with E-state index in [1.165, 1.54) is 18.0 Å². The fraction of sp³-hybridized carbons (Fsp3) is 0.174. The Kier molecular flexibility index (Phi) is 4.43. The molecule has 2 aromatic heterocycles. The minimum Gasteiger partial charge on any atom is -0.491 e. The van der Waals surface area contributed by atoms with Gasteiger partial charge in [-0.2, -0.15) is 10.2 Å². The molecule has 1 fully saturated rings. The van der Waals surface area contributed by atoms with Gasteiger partial charge in [-0.1, -0.05) is 24.3 Å². The molecule has 0 bridgehead atoms. The van der Waals surface area contributed by atoms with Gasteiger partial charge >= 0.3 is 0 Å². The number of benzene rings is 2. The van der Waals surface area contributed by atoms with Gasteiger partial charge in [0.25, 0.3) is 5.43 Å². The van der Waals surface area contributed by atoms with Crippen LogP contribution in [0.5, 0.6) is 5.75 Å². The molecule has 6 nitrogen and oxygen atoms in total. The molecule has 0 saturated heterocycles. The lowest BCUT2D eigenvalue weighted by Gasteiger charge is -2.13. The average Bonchev–Trinajstić information content (AvgIpc) is 3.51. The van der Waals surface area contributed by atoms with Crippen LogP contribution in [0.1, 0.15) is 24.3 Å². The Labute approximate surface area is 172 Å². The molecule has 0 unspecified atom stereocenters. The lowest BCUT2D eigenvalue weighted by Crippen LogP contribution is -2.18. The molecule has 1 saturated carbocycles. The van der Waals surface area contributed by atoms with Crippen LogP contribution in [-0.2, 0) is 0 Å². The monoisotopic (exact) mass is 402 g/mol. The number of aromatic nitrogens is 4. The molecule has 2 aromatic carbocycles. The predicted octanol–water partition coefficient (Wildman–Crippen LogP) is 4.11. The highest BCUT2D eigenvalue weighted by Gasteiger charge is 2.25. The molecule has 0 amide bonds. The Hall–Kier alpha value is -3.74. The number of ether oxygens (including phenoxy) is 1. The largest absolute Gasteiger partial charge is 0.491 e. The first kappa shape index (κ1) is 18.3. The zero-order chi connectivity index (χ0) is 20.7. The van der Waals surface area contributed by atoms with Gasteiger partial charge in [-0.15, -0.1) is 0 Å². The van der Waals surface area contributed by atoms with Gasteiger partial charge in [-0.05, 0) is 54.7 Å². The molecule has 7 heteroatoms. The predicted molar refractivity (Wildman–Crippen MR) is 111 cm³/mol. The Bertz CT molecular complexity index is 1280. The van der Waals surface area contributed by atoms with Crippen molar-refractivity contribution in [3.63, 3.8) is 0 Å². The van der Waals surface area contributed by atoms with E-state index in [0.29, 0.717) is 11.6 Å². The summed E-state index contributed by atoms with van der Waals surface area (Å²) in [5.74, 6) is 0.132. The van der Waals surface area contributed by atoms with Crippen molar-refractivity contribution in [1.82, 2.24) is 19.6 Å². The number of hydrogen-bond donors (Lipinski definition) is 0. The third-order valence-corrected chi connectivity index (χ3v) is 5.26. The molecule has 4 aromatic rings. The molecule has 5 rings (SSSR count). The van der Waals surface area contributed by atoms with E-state index in [1.54, 1.807) is 29.1 Å². The maximum atomic E-state index is 14.9. The number of methoxy groups -OCH3 is 1. The minimum absolute atomic E-state index is 0.0754. The second kappa shape index (κ2) is 7.26. The first-order valence-electron chi connectivity index (χ1n) is 9.73. The van der Waals surface area contributed by atoms with E-state index < -0.39 is 0 Å². The van der Waals surface area contributed by atoms with E-state index in [0.717, 1.165) is 24.1 Å². The summed E-state index contributed by atoms with van der Waals surface area (Å²) in [4.78, 5) is 13.0. The Morgan fingerprint density at radius 2 is 1.90 bits per heavy atom. The van der Waals surface area contributed by atoms with Gasteiger partial charge in [0.2, 0.25) is 0 Å². The van der Waals surface area contributed by atoms with E-state index >= 15 is 0 Å². The normalized spacial score (nSPS) is 13.4. The third kappa shape index (κ3) is 3.18. The smallest absolute Gasteiger partial charge is 0.251 e. The molecule has 0 N–H and O–H groups in total. The van der Waals surface area contributed by atoms with E-state index in [4.69, 9.17) is 4.74 Å². The van der Waals surface area contributed by atoms with Crippen LogP contribution in [0.4, 0.5) is 4.39 Å². The highest BCUT2D eigenvalue weighted by molar-refractivity contribution is 5.59. The Morgan fingerprint density at radius 3 is 2.60 bits per heavy atom. The zero-order valence-corrected chi connectivity index (χ0v) is 16.3. The van der Waals surface area contributed by atoms with Gasteiger partial charge in [0.15, 0.2) is 11.4 Å². The Morgan fingerprint density at radius 1 is 1.10 bits per heavy atom. The van der Waals surface area contributed by atoms with Crippen molar-refractivity contribution in [2.24, 2.45) is 0 Å². The van der Waals surface area contributed by atoms with Gasteiger partial charge in [0, 0.05) is 0 Å². The zero-order valence-electron chi connectivity index (χ0n) is 16.3. The molecular weight excluding hydrogens is 383 g/mol. The van der Waals surface area contributed by atoms with Crippen LogP contribution < -0.4 is 10.2 Å². The molecule has 1 aliphatic carbocycles. The molecule has 150 valence electrons. The number of para-hydroxylation sites is 1. The van der Waals surface area contributed by atoms with Crippen LogP contribution in [0.3, 0.4) is 0 Å². The fourth-order valence-electron chi connectivity index (χ4n) is 3.54. The molecule has 0 atom stereocenters. The van der Waals surface area contributed by atoms with Crippen molar-refractivity contribution in [3.05, 3.63) is 88.6 Å². The SMILES string of the molecule is COc1cn(-c2ccc(C3CC3)cc2F)nc(-c2ccnn2-c2ccccc2)c1=O. The van der Waals surface area contributed by atoms with Crippen molar-refractivity contribution >= 4 is 0 Å². The van der Waals surface area contributed by atoms with Crippen LogP contribution in [0, 0.1) is 5.82 Å². The average molecular weight is 402 g/mol. The maximum Gasteiger partial charge on any atom is 0.251 e. The highest BCUT2D eigenvalue weighted by atomic mass is 19.1. The maximum absolute atomic E-state index is 14.9. The number of halogens is 1. The van der Waals surface area contributed by atoms with E-state index in [2.05, 4.69) is 10.2 Å². The van der Waals surface area contributed by atoms with Gasteiger partial charge < -0.3 is 4.74 Å². The standard InChI is InChI=1S/C23H19FN4O2/c1-30-21-14-27(19-10-9-16(13-18(19)24)15-7-8-15)26-22(23(21)29)20-11-12-25-28(20)17-5-3-2-4-6-17/h2-6,9-15H,7-8H2,1H3. The van der Waals surface area contributed by atoms with Crippen LogP contribution in [0.2, 0.25) is 0 Å². The summed E-state index contributed by atoms with van der Waals surface area (Å²) < 4.78 is 23.1. The molecule has 1 aliphatic rings. The number of nitrogens with zero attached hydrogens (tertiary/aromatic N) is 4. The quantitative estimate of drug-likeness (QED) is 0.504. The summed E-state index contributed by atoms with van der Waals surface area (Å²) in [7, 11) is 1.41. The van der Waals surface area contributed by atoms with Gasteiger partial charge in [-0.3, -0.25) is 4.79 Å². The van der Waals surface area contributed by atoms with Crippen molar-refractivity contribution in [1.29, 1.82) is 0 Å². The van der Waals surface area contributed by atoms with Crippen LogP contribution in [0.25, 0.3) is 22.8 Å². The van der Waals surface area contributed by atoms with Crippen LogP contribution in [0.15, 0.2) is 71.8 Å². The lowest BCUT2D eigenvalue weighted by atomic mass is 10.1. The summed E-state index contributed by atoms with van der Waals surface area (Å²) in [6.45, 7) is 0. The van der Waals surface area contributed by atoms with Crippen molar-refractivity contribution in [3.8, 4) is 28.5 Å². The van der Waals surface area contributed by atoms with Crippen LogP contribution >= 0.6 is 0 Å². The lowest BCUT2D eigenvalue weighted by molar-refractivity contribution is 0.405. The number of rotatable bonds is 5. The van der Waals surface area contributed by atoms with Gasteiger partial charge in [0.05, 0.1) is 30.9 Å². The van der Waals surface area contributed by atoms with E-state index in [-0.39, 0.29) is 28.4 Å². The van der Waals surface area contributed by atoms with E-state index in [1.807, 2.05) is 36.4 Å². The topological polar surface area (TPSA) is 61.9 Å². The van der Waals surface area contributed by atoms with E-state index in [9.17, 15) is 9.18 Å². The minimum atomic E-state index is -0.389. The molecule has 0 spiro atoms. The van der Waals surface area contributed by atoms with Gasteiger partial charge in [0.1, 0.15) is 11.5 Å². The van der Waals surface area contributed by atoms with Crippen molar-refractivity contribution in [2.45, 2.75) is 18.8 Å². The van der Waals surface area contributed by atoms with Crippen molar-refractivity contribution < 1.29 is 9.13 Å². The van der Waals surface area contributed by atoms with Crippen LogP contribution in [-0.4, -0.2) is 26.7 Å². The van der Waals surface area contributed by atoms with Crippen molar-refractivity contribution in [2.75, 3.05) is 7.11 Å². The Balaban J connectivity index is 1.66. The third-order valence-electron chi connectivity index (χ3n) is 5.26. The second-order valence-electron chi connectivity index (χ2n) is 7.27. The molecule has 30 heavy (non-hydrogen) atoms. The summed E-state index contributed by atoms with van der Waals surface area (Å²) in [6, 6.07) is 16.3. The molecule has 0 aliphatic heterocycles. The molecule has 2 heterocycles. The van der Waals surface area contributed by atoms with Gasteiger partial charge in [-0.25, -0.2) is 13.8 Å². The number of hydrogen-bond acceptors (Lipinski definition) is 4. The first-order valence-corrected chi connectivity index (χ1v) is 9.73. The fourth-order valence-corrected chi connectivity index (χ4v) is 3.54. The molecule has 0 radical (unpaired) electrons.